The van der Waals surface area contributed by atoms with Crippen LogP contribution in [0, 0.1) is 28.6 Å². The number of rotatable bonds is 1. The van der Waals surface area contributed by atoms with Crippen LogP contribution < -0.4 is 5.32 Å². The molecule has 4 aliphatic rings. The molecule has 3 fully saturated rings. The van der Waals surface area contributed by atoms with Crippen molar-refractivity contribution in [3.8, 4) is 0 Å². The normalized spacial score (nSPS) is 46.0. The minimum Gasteiger partial charge on any atom is -0.346 e. The van der Waals surface area contributed by atoms with Gasteiger partial charge in [-0.25, -0.2) is 0 Å². The molecule has 0 saturated heterocycles. The molecule has 4 rings (SSSR count). The van der Waals surface area contributed by atoms with E-state index in [-0.39, 0.29) is 34.3 Å². The molecule has 4 heteroatoms. The van der Waals surface area contributed by atoms with Crippen molar-refractivity contribution < 1.29 is 14.4 Å². The van der Waals surface area contributed by atoms with Gasteiger partial charge in [0.15, 0.2) is 11.6 Å². The third-order valence-electron chi connectivity index (χ3n) is 8.15. The summed E-state index contributed by atoms with van der Waals surface area (Å²) < 4.78 is 0. The maximum atomic E-state index is 12.7. The highest BCUT2D eigenvalue weighted by atomic mass is 16.2. The van der Waals surface area contributed by atoms with Crippen molar-refractivity contribution in [1.29, 1.82) is 0 Å². The molecule has 1 N–H and O–H groups in total. The fraction of sp³-hybridized carbons (Fsp3) is 0.762. The van der Waals surface area contributed by atoms with Gasteiger partial charge >= 0.3 is 0 Å². The lowest BCUT2D eigenvalue weighted by Crippen LogP contribution is -2.54. The van der Waals surface area contributed by atoms with Crippen LogP contribution in [0.3, 0.4) is 0 Å². The molecule has 0 aliphatic heterocycles. The van der Waals surface area contributed by atoms with Crippen molar-refractivity contribution in [2.45, 2.75) is 71.8 Å². The molecule has 6 atom stereocenters. The van der Waals surface area contributed by atoms with Gasteiger partial charge in [-0.1, -0.05) is 19.4 Å². The van der Waals surface area contributed by atoms with Crippen LogP contribution in [-0.2, 0) is 14.4 Å². The van der Waals surface area contributed by atoms with Crippen LogP contribution in [0.4, 0.5) is 0 Å². The Bertz CT molecular complexity index is 681. The summed E-state index contributed by atoms with van der Waals surface area (Å²) in [7, 11) is 0. The molecule has 3 saturated carbocycles. The van der Waals surface area contributed by atoms with Gasteiger partial charge in [-0.3, -0.25) is 14.4 Å². The predicted molar refractivity (Wildman–Crippen MR) is 94.7 cm³/mol. The minimum atomic E-state index is -0.311. The fourth-order valence-corrected chi connectivity index (χ4v) is 6.80. The van der Waals surface area contributed by atoms with E-state index >= 15 is 0 Å². The summed E-state index contributed by atoms with van der Waals surface area (Å²) in [6.07, 6.45) is 8.33. The van der Waals surface area contributed by atoms with E-state index in [9.17, 15) is 14.4 Å². The zero-order valence-electron chi connectivity index (χ0n) is 15.6. The summed E-state index contributed by atoms with van der Waals surface area (Å²) in [5, 5.41) is 2.95. The maximum Gasteiger partial charge on any atom is 0.217 e. The monoisotopic (exact) mass is 343 g/mol. The van der Waals surface area contributed by atoms with Crippen molar-refractivity contribution in [2.75, 3.05) is 0 Å². The number of carbonyl (C=O) groups excluding carboxylic acids is 3. The summed E-state index contributed by atoms with van der Waals surface area (Å²) in [5.41, 5.74) is 1.38. The molecule has 1 amide bonds. The molecular weight excluding hydrogens is 314 g/mol. The number of amides is 1. The Hall–Kier alpha value is -1.45. The molecule has 0 heterocycles. The number of Topliss-reactive ketones (excluding diaryl/α,β-unsaturated/α-hetero) is 1. The standard InChI is InChI=1S/C21H29NO3/c1-12(23)22-19-18(25)11-17-15-5-4-13-10-14(24)6-8-20(13,2)16(15)7-9-21(17,19)3/h10,15-17,19H,4-9,11H2,1-3H3,(H,22,23)/t15-,16+,17+,19-,20-,21+/m0/s1. The Kier molecular flexibility index (Phi) is 3.75. The van der Waals surface area contributed by atoms with Crippen LogP contribution in [-0.4, -0.2) is 23.5 Å². The van der Waals surface area contributed by atoms with E-state index in [0.29, 0.717) is 30.6 Å². The average molecular weight is 343 g/mol. The van der Waals surface area contributed by atoms with Crippen molar-refractivity contribution in [1.82, 2.24) is 5.32 Å². The van der Waals surface area contributed by atoms with Crippen molar-refractivity contribution in [2.24, 2.45) is 28.6 Å². The third kappa shape index (κ3) is 2.36. The van der Waals surface area contributed by atoms with Gasteiger partial charge in [0.05, 0.1) is 6.04 Å². The van der Waals surface area contributed by atoms with Crippen LogP contribution in [0.25, 0.3) is 0 Å². The Morgan fingerprint density at radius 2 is 1.88 bits per heavy atom. The second-order valence-corrected chi connectivity index (χ2v) is 9.32. The fourth-order valence-electron chi connectivity index (χ4n) is 6.80. The second-order valence-electron chi connectivity index (χ2n) is 9.32. The van der Waals surface area contributed by atoms with Gasteiger partial charge in [-0.15, -0.1) is 0 Å². The van der Waals surface area contributed by atoms with E-state index < -0.39 is 0 Å². The molecule has 25 heavy (non-hydrogen) atoms. The van der Waals surface area contributed by atoms with Crippen LogP contribution in [0.2, 0.25) is 0 Å². The molecule has 0 unspecified atom stereocenters. The summed E-state index contributed by atoms with van der Waals surface area (Å²) in [6, 6.07) is -0.311. The molecule has 0 radical (unpaired) electrons. The van der Waals surface area contributed by atoms with E-state index in [1.54, 1.807) is 0 Å². The first-order valence-corrected chi connectivity index (χ1v) is 9.79. The van der Waals surface area contributed by atoms with Crippen LogP contribution >= 0.6 is 0 Å². The van der Waals surface area contributed by atoms with E-state index in [0.717, 1.165) is 32.1 Å². The number of nitrogens with one attached hydrogen (secondary N) is 1. The van der Waals surface area contributed by atoms with Crippen LogP contribution in [0.5, 0.6) is 0 Å². The Morgan fingerprint density at radius 1 is 1.12 bits per heavy atom. The predicted octanol–water partition coefficient (Wildman–Crippen LogP) is 3.20. The topological polar surface area (TPSA) is 63.2 Å². The number of hydrogen-bond donors (Lipinski definition) is 1. The number of hydrogen-bond acceptors (Lipinski definition) is 3. The zero-order valence-corrected chi connectivity index (χ0v) is 15.6. The van der Waals surface area contributed by atoms with Gasteiger partial charge in [0, 0.05) is 19.8 Å². The molecule has 136 valence electrons. The molecule has 4 nitrogen and oxygen atoms in total. The van der Waals surface area contributed by atoms with E-state index in [1.807, 2.05) is 6.08 Å². The van der Waals surface area contributed by atoms with Crippen molar-refractivity contribution in [3.63, 3.8) is 0 Å². The molecule has 0 bridgehead atoms. The third-order valence-corrected chi connectivity index (χ3v) is 8.15. The van der Waals surface area contributed by atoms with Crippen LogP contribution in [0.15, 0.2) is 11.6 Å². The molecule has 0 aromatic rings. The quantitative estimate of drug-likeness (QED) is 0.795. The highest BCUT2D eigenvalue weighted by molar-refractivity contribution is 5.92. The van der Waals surface area contributed by atoms with Gasteiger partial charge in [-0.2, -0.15) is 0 Å². The SMILES string of the molecule is CC(=O)N[C@H]1C(=O)C[C@@H]2[C@H]3CCC4=CC(=O)CC[C@]4(C)[C@@H]3CC[C@]21C. The molecular formula is C21H29NO3. The first kappa shape index (κ1) is 17.0. The summed E-state index contributed by atoms with van der Waals surface area (Å²) >= 11 is 0. The van der Waals surface area contributed by atoms with Gasteiger partial charge in [0.1, 0.15) is 0 Å². The molecule has 0 spiro atoms. The van der Waals surface area contributed by atoms with Gasteiger partial charge in [0.25, 0.3) is 0 Å². The number of ketones is 2. The van der Waals surface area contributed by atoms with Crippen molar-refractivity contribution in [3.05, 3.63) is 11.6 Å². The van der Waals surface area contributed by atoms with Gasteiger partial charge in [-0.05, 0) is 66.8 Å². The zero-order chi connectivity index (χ0) is 18.0. The molecule has 0 aromatic carbocycles. The van der Waals surface area contributed by atoms with Gasteiger partial charge < -0.3 is 5.32 Å². The van der Waals surface area contributed by atoms with E-state index in [2.05, 4.69) is 19.2 Å². The Labute approximate surface area is 149 Å². The number of allylic oxidation sites excluding steroid dienone is 1. The Morgan fingerprint density at radius 3 is 2.60 bits per heavy atom. The Balaban J connectivity index is 1.66. The largest absolute Gasteiger partial charge is 0.346 e. The average Bonchev–Trinajstić information content (AvgIpc) is 2.79. The number of carbonyl (C=O) groups is 3. The molecule has 4 aliphatic carbocycles. The highest BCUT2D eigenvalue weighted by Crippen LogP contribution is 2.64. The minimum absolute atomic E-state index is 0.103. The van der Waals surface area contributed by atoms with E-state index in [1.165, 1.54) is 12.5 Å². The molecule has 0 aromatic heterocycles. The smallest absolute Gasteiger partial charge is 0.217 e. The lowest BCUT2D eigenvalue weighted by atomic mass is 9.47. The maximum absolute atomic E-state index is 12.7. The lowest BCUT2D eigenvalue weighted by Gasteiger charge is -2.57. The summed E-state index contributed by atoms with van der Waals surface area (Å²) in [4.78, 5) is 36.2. The van der Waals surface area contributed by atoms with Gasteiger partial charge in [0.2, 0.25) is 5.91 Å². The van der Waals surface area contributed by atoms with Crippen molar-refractivity contribution >= 4 is 17.5 Å². The summed E-state index contributed by atoms with van der Waals surface area (Å²) in [5.74, 6) is 1.88. The van der Waals surface area contributed by atoms with E-state index in [4.69, 9.17) is 0 Å². The van der Waals surface area contributed by atoms with Crippen LogP contribution in [0.1, 0.15) is 65.7 Å². The summed E-state index contributed by atoms with van der Waals surface area (Å²) in [6.45, 7) is 6.08. The lowest BCUT2D eigenvalue weighted by molar-refractivity contribution is -0.127. The first-order chi connectivity index (χ1) is 11.8. The first-order valence-electron chi connectivity index (χ1n) is 9.79. The second kappa shape index (κ2) is 5.52. The number of fused-ring (bicyclic) bond motifs is 5. The highest BCUT2D eigenvalue weighted by Gasteiger charge is 2.61.